The van der Waals surface area contributed by atoms with Crippen molar-refractivity contribution in [1.29, 1.82) is 0 Å². The topological polar surface area (TPSA) is 85.1 Å². The summed E-state index contributed by atoms with van der Waals surface area (Å²) in [6.45, 7) is 0. The van der Waals surface area contributed by atoms with E-state index in [4.69, 9.17) is 5.73 Å². The standard InChI is InChI=1S/C16H12F3N3O2S/c17-16(18,19)11-8-9-21-15-10(11)4-3-6-13(15)22-25(23,24)14-7-2-1-5-12(14)20/h1-9,22H,20H2. The zero-order valence-electron chi connectivity index (χ0n) is 12.6. The lowest BCUT2D eigenvalue weighted by atomic mass is 10.1. The number of para-hydroxylation sites is 2. The van der Waals surface area contributed by atoms with Crippen LogP contribution in [0.5, 0.6) is 0 Å². The zero-order chi connectivity index (χ0) is 18.2. The van der Waals surface area contributed by atoms with E-state index in [1.54, 1.807) is 6.07 Å². The van der Waals surface area contributed by atoms with Gasteiger partial charge in [0.25, 0.3) is 10.0 Å². The normalized spacial score (nSPS) is 12.3. The average molecular weight is 367 g/mol. The Hall–Kier alpha value is -2.81. The Kier molecular flexibility index (Phi) is 4.03. The summed E-state index contributed by atoms with van der Waals surface area (Å²) in [6.07, 6.45) is -3.59. The van der Waals surface area contributed by atoms with E-state index in [9.17, 15) is 21.6 Å². The first-order valence-electron chi connectivity index (χ1n) is 7.02. The van der Waals surface area contributed by atoms with Gasteiger partial charge in [0.15, 0.2) is 0 Å². The van der Waals surface area contributed by atoms with Crippen molar-refractivity contribution >= 4 is 32.3 Å². The number of halogens is 3. The second-order valence-corrected chi connectivity index (χ2v) is 6.85. The number of fused-ring (bicyclic) bond motifs is 1. The highest BCUT2D eigenvalue weighted by atomic mass is 32.2. The summed E-state index contributed by atoms with van der Waals surface area (Å²) in [4.78, 5) is 3.73. The average Bonchev–Trinajstić information content (AvgIpc) is 2.53. The lowest BCUT2D eigenvalue weighted by Crippen LogP contribution is -2.15. The van der Waals surface area contributed by atoms with Crippen LogP contribution in [0.25, 0.3) is 10.9 Å². The Bertz CT molecular complexity index is 1050. The predicted molar refractivity (Wildman–Crippen MR) is 88.4 cm³/mol. The molecule has 0 fully saturated rings. The monoisotopic (exact) mass is 367 g/mol. The fraction of sp³-hybridized carbons (Fsp3) is 0.0625. The van der Waals surface area contributed by atoms with Crippen molar-refractivity contribution in [1.82, 2.24) is 4.98 Å². The van der Waals surface area contributed by atoms with E-state index in [1.807, 2.05) is 0 Å². The van der Waals surface area contributed by atoms with Crippen LogP contribution in [-0.2, 0) is 16.2 Å². The molecule has 9 heteroatoms. The number of alkyl halides is 3. The maximum atomic E-state index is 13.1. The van der Waals surface area contributed by atoms with Gasteiger partial charge in [-0.15, -0.1) is 0 Å². The Morgan fingerprint density at radius 1 is 1.00 bits per heavy atom. The number of sulfonamides is 1. The molecular weight excluding hydrogens is 355 g/mol. The van der Waals surface area contributed by atoms with Crippen LogP contribution in [-0.4, -0.2) is 13.4 Å². The Morgan fingerprint density at radius 3 is 2.40 bits per heavy atom. The van der Waals surface area contributed by atoms with Crippen LogP contribution in [0.3, 0.4) is 0 Å². The molecule has 0 atom stereocenters. The van der Waals surface area contributed by atoms with Gasteiger partial charge in [-0.2, -0.15) is 13.2 Å². The van der Waals surface area contributed by atoms with Gasteiger partial charge in [0, 0.05) is 11.6 Å². The molecule has 0 saturated carbocycles. The smallest absolute Gasteiger partial charge is 0.398 e. The summed E-state index contributed by atoms with van der Waals surface area (Å²) in [6, 6.07) is 10.5. The maximum absolute atomic E-state index is 13.1. The molecule has 3 rings (SSSR count). The van der Waals surface area contributed by atoms with Crippen molar-refractivity contribution in [3.8, 4) is 0 Å². The molecule has 0 bridgehead atoms. The Morgan fingerprint density at radius 2 is 1.72 bits per heavy atom. The third-order valence-corrected chi connectivity index (χ3v) is 4.97. The summed E-state index contributed by atoms with van der Waals surface area (Å²) < 4.78 is 66.6. The van der Waals surface area contributed by atoms with Crippen LogP contribution >= 0.6 is 0 Å². The van der Waals surface area contributed by atoms with Gasteiger partial charge in [-0.25, -0.2) is 8.42 Å². The van der Waals surface area contributed by atoms with E-state index in [-0.39, 0.29) is 27.2 Å². The maximum Gasteiger partial charge on any atom is 0.417 e. The lowest BCUT2D eigenvalue weighted by molar-refractivity contribution is -0.136. The van der Waals surface area contributed by atoms with Gasteiger partial charge in [-0.1, -0.05) is 24.3 Å². The van der Waals surface area contributed by atoms with Crippen LogP contribution in [0.15, 0.2) is 59.6 Å². The van der Waals surface area contributed by atoms with Gasteiger partial charge in [0.05, 0.1) is 22.5 Å². The summed E-state index contributed by atoms with van der Waals surface area (Å²) in [7, 11) is -4.08. The predicted octanol–water partition coefficient (Wildman–Crippen LogP) is 3.64. The van der Waals surface area contributed by atoms with Gasteiger partial charge in [0.1, 0.15) is 4.90 Å². The van der Waals surface area contributed by atoms with Crippen LogP contribution in [0.2, 0.25) is 0 Å². The molecular formula is C16H12F3N3O2S. The molecule has 0 saturated heterocycles. The largest absolute Gasteiger partial charge is 0.417 e. The van der Waals surface area contributed by atoms with E-state index in [0.29, 0.717) is 0 Å². The summed E-state index contributed by atoms with van der Waals surface area (Å²) in [5.41, 5.74) is 4.64. The summed E-state index contributed by atoms with van der Waals surface area (Å²) in [5.74, 6) is 0. The first-order valence-corrected chi connectivity index (χ1v) is 8.51. The molecule has 5 nitrogen and oxygen atoms in total. The highest BCUT2D eigenvalue weighted by Gasteiger charge is 2.33. The highest BCUT2D eigenvalue weighted by molar-refractivity contribution is 7.93. The van der Waals surface area contributed by atoms with Gasteiger partial charge >= 0.3 is 6.18 Å². The number of anilines is 2. The third-order valence-electron chi connectivity index (χ3n) is 3.53. The molecule has 3 aromatic rings. The summed E-state index contributed by atoms with van der Waals surface area (Å²) in [5, 5.41) is -0.198. The van der Waals surface area contributed by atoms with E-state index in [2.05, 4.69) is 9.71 Å². The molecule has 0 unspecified atom stereocenters. The number of hydrogen-bond donors (Lipinski definition) is 2. The molecule has 25 heavy (non-hydrogen) atoms. The molecule has 0 amide bonds. The van der Waals surface area contributed by atoms with Gasteiger partial charge < -0.3 is 5.73 Å². The minimum Gasteiger partial charge on any atom is -0.398 e. The lowest BCUT2D eigenvalue weighted by Gasteiger charge is -2.14. The number of pyridine rings is 1. The van der Waals surface area contributed by atoms with Gasteiger partial charge in [-0.3, -0.25) is 9.71 Å². The van der Waals surface area contributed by atoms with E-state index < -0.39 is 21.8 Å². The quantitative estimate of drug-likeness (QED) is 0.692. The third kappa shape index (κ3) is 3.22. The van der Waals surface area contributed by atoms with Crippen LogP contribution < -0.4 is 10.5 Å². The molecule has 0 aliphatic heterocycles. The number of nitrogens with one attached hydrogen (secondary N) is 1. The Labute approximate surface area is 141 Å². The Balaban J connectivity index is 2.13. The first kappa shape index (κ1) is 17.0. The van der Waals surface area contributed by atoms with Crippen molar-refractivity contribution in [2.45, 2.75) is 11.1 Å². The second-order valence-electron chi connectivity index (χ2n) is 5.20. The van der Waals surface area contributed by atoms with Crippen molar-refractivity contribution in [3.05, 3.63) is 60.3 Å². The van der Waals surface area contributed by atoms with Crippen LogP contribution in [0.4, 0.5) is 24.5 Å². The number of hydrogen-bond acceptors (Lipinski definition) is 4. The number of benzene rings is 2. The van der Waals surface area contributed by atoms with Gasteiger partial charge in [0.2, 0.25) is 0 Å². The van der Waals surface area contributed by atoms with E-state index in [0.717, 1.165) is 12.3 Å². The van der Waals surface area contributed by atoms with Crippen molar-refractivity contribution < 1.29 is 21.6 Å². The zero-order valence-corrected chi connectivity index (χ0v) is 13.4. The highest BCUT2D eigenvalue weighted by Crippen LogP contribution is 2.36. The van der Waals surface area contributed by atoms with Crippen molar-refractivity contribution in [2.24, 2.45) is 0 Å². The molecule has 0 spiro atoms. The number of nitrogens with zero attached hydrogens (tertiary/aromatic N) is 1. The van der Waals surface area contributed by atoms with Gasteiger partial charge in [-0.05, 0) is 24.3 Å². The molecule has 0 aliphatic carbocycles. The minimum atomic E-state index is -4.58. The van der Waals surface area contributed by atoms with Crippen LogP contribution in [0.1, 0.15) is 5.56 Å². The molecule has 0 aliphatic rings. The molecule has 3 N–H and O–H groups in total. The molecule has 1 heterocycles. The van der Waals surface area contributed by atoms with Crippen LogP contribution in [0, 0.1) is 0 Å². The SMILES string of the molecule is Nc1ccccc1S(=O)(=O)Nc1cccc2c(C(F)(F)F)ccnc12. The molecule has 1 aromatic heterocycles. The van der Waals surface area contributed by atoms with E-state index >= 15 is 0 Å². The number of rotatable bonds is 3. The van der Waals surface area contributed by atoms with E-state index in [1.165, 1.54) is 36.4 Å². The fourth-order valence-electron chi connectivity index (χ4n) is 2.43. The second kappa shape index (κ2) is 5.92. The number of aromatic nitrogens is 1. The van der Waals surface area contributed by atoms with Crippen molar-refractivity contribution in [2.75, 3.05) is 10.5 Å². The summed E-state index contributed by atoms with van der Waals surface area (Å²) >= 11 is 0. The molecule has 2 aromatic carbocycles. The first-order chi connectivity index (χ1) is 11.7. The fourth-order valence-corrected chi connectivity index (χ4v) is 3.63. The number of nitrogens with two attached hydrogens (primary N) is 1. The van der Waals surface area contributed by atoms with Crippen molar-refractivity contribution in [3.63, 3.8) is 0 Å². The number of nitrogen functional groups attached to an aromatic ring is 1. The minimum absolute atomic E-state index is 0.0270. The molecule has 0 radical (unpaired) electrons. The molecule has 130 valence electrons.